The molecule has 126 valence electrons. The summed E-state index contributed by atoms with van der Waals surface area (Å²) in [6.07, 6.45) is 2.11. The Morgan fingerprint density at radius 1 is 1.30 bits per heavy atom. The van der Waals surface area contributed by atoms with Gasteiger partial charge in [0.15, 0.2) is 0 Å². The van der Waals surface area contributed by atoms with E-state index in [0.717, 1.165) is 25.0 Å². The summed E-state index contributed by atoms with van der Waals surface area (Å²) in [6.45, 7) is 7.00. The van der Waals surface area contributed by atoms with E-state index in [-0.39, 0.29) is 23.8 Å². The second kappa shape index (κ2) is 8.11. The van der Waals surface area contributed by atoms with Crippen molar-refractivity contribution in [2.75, 3.05) is 13.2 Å². The van der Waals surface area contributed by atoms with Crippen LogP contribution in [0.4, 0.5) is 0 Å². The zero-order chi connectivity index (χ0) is 16.8. The van der Waals surface area contributed by atoms with Crippen LogP contribution < -0.4 is 10.6 Å². The smallest absolute Gasteiger partial charge is 0.252 e. The number of ether oxygens (including phenoxy) is 1. The molecule has 1 aromatic rings. The van der Waals surface area contributed by atoms with Crippen molar-refractivity contribution in [2.45, 2.75) is 45.8 Å². The first-order valence-corrected chi connectivity index (χ1v) is 8.25. The largest absolute Gasteiger partial charge is 0.376 e. The lowest BCUT2D eigenvalue weighted by Crippen LogP contribution is -2.51. The Bertz CT molecular complexity index is 551. The molecular formula is C18H26N2O3. The van der Waals surface area contributed by atoms with Crippen LogP contribution in [0.5, 0.6) is 0 Å². The molecule has 1 saturated heterocycles. The van der Waals surface area contributed by atoms with Crippen LogP contribution in [0.15, 0.2) is 24.3 Å². The molecule has 0 radical (unpaired) electrons. The number of amides is 2. The summed E-state index contributed by atoms with van der Waals surface area (Å²) in [5.74, 6) is -0.362. The normalized spacial score (nSPS) is 18.7. The number of hydrogen-bond donors (Lipinski definition) is 2. The predicted molar refractivity (Wildman–Crippen MR) is 89.3 cm³/mol. The number of benzene rings is 1. The number of hydrogen-bond acceptors (Lipinski definition) is 3. The Morgan fingerprint density at radius 2 is 2.04 bits per heavy atom. The summed E-state index contributed by atoms with van der Waals surface area (Å²) >= 11 is 0. The van der Waals surface area contributed by atoms with E-state index in [4.69, 9.17) is 4.74 Å². The molecule has 23 heavy (non-hydrogen) atoms. The third kappa shape index (κ3) is 4.79. The molecule has 0 bridgehead atoms. The molecule has 2 atom stereocenters. The SMILES string of the molecule is Cc1ccccc1C(=O)N[C@@H](C(=O)NC[C@@H]1CCCO1)C(C)C. The first-order valence-electron chi connectivity index (χ1n) is 8.25. The van der Waals surface area contributed by atoms with Gasteiger partial charge in [-0.25, -0.2) is 0 Å². The molecule has 0 spiro atoms. The van der Waals surface area contributed by atoms with Crippen LogP contribution in [0.3, 0.4) is 0 Å². The van der Waals surface area contributed by atoms with Gasteiger partial charge in [0.2, 0.25) is 5.91 Å². The number of nitrogens with one attached hydrogen (secondary N) is 2. The van der Waals surface area contributed by atoms with Crippen LogP contribution in [0.25, 0.3) is 0 Å². The van der Waals surface area contributed by atoms with Crippen LogP contribution in [0.2, 0.25) is 0 Å². The Labute approximate surface area is 137 Å². The molecule has 0 unspecified atom stereocenters. The molecule has 0 aromatic heterocycles. The van der Waals surface area contributed by atoms with Gasteiger partial charge in [0, 0.05) is 18.7 Å². The summed E-state index contributed by atoms with van der Waals surface area (Å²) in [5, 5.41) is 5.76. The summed E-state index contributed by atoms with van der Waals surface area (Å²) < 4.78 is 5.51. The van der Waals surface area contributed by atoms with Gasteiger partial charge in [-0.1, -0.05) is 32.0 Å². The molecule has 2 amide bonds. The van der Waals surface area contributed by atoms with Gasteiger partial charge >= 0.3 is 0 Å². The Hall–Kier alpha value is -1.88. The fourth-order valence-corrected chi connectivity index (χ4v) is 2.71. The monoisotopic (exact) mass is 318 g/mol. The van der Waals surface area contributed by atoms with E-state index < -0.39 is 6.04 Å². The zero-order valence-electron chi connectivity index (χ0n) is 14.1. The van der Waals surface area contributed by atoms with Gasteiger partial charge in [-0.2, -0.15) is 0 Å². The second-order valence-corrected chi connectivity index (χ2v) is 6.39. The quantitative estimate of drug-likeness (QED) is 0.843. The van der Waals surface area contributed by atoms with Crippen molar-refractivity contribution in [3.63, 3.8) is 0 Å². The van der Waals surface area contributed by atoms with E-state index >= 15 is 0 Å². The minimum Gasteiger partial charge on any atom is -0.376 e. The molecule has 2 rings (SSSR count). The number of carbonyl (C=O) groups excluding carboxylic acids is 2. The average Bonchev–Trinajstić information content (AvgIpc) is 3.03. The highest BCUT2D eigenvalue weighted by molar-refractivity contribution is 5.98. The first-order chi connectivity index (χ1) is 11.0. The molecule has 1 fully saturated rings. The number of aryl methyl sites for hydroxylation is 1. The second-order valence-electron chi connectivity index (χ2n) is 6.39. The maximum Gasteiger partial charge on any atom is 0.252 e. The Kier molecular flexibility index (Phi) is 6.16. The van der Waals surface area contributed by atoms with Crippen LogP contribution in [-0.4, -0.2) is 37.1 Å². The van der Waals surface area contributed by atoms with Crippen molar-refractivity contribution in [2.24, 2.45) is 5.92 Å². The lowest BCUT2D eigenvalue weighted by Gasteiger charge is -2.23. The number of carbonyl (C=O) groups is 2. The highest BCUT2D eigenvalue weighted by Crippen LogP contribution is 2.12. The fourth-order valence-electron chi connectivity index (χ4n) is 2.71. The van der Waals surface area contributed by atoms with Crippen molar-refractivity contribution in [3.05, 3.63) is 35.4 Å². The highest BCUT2D eigenvalue weighted by atomic mass is 16.5. The van der Waals surface area contributed by atoms with Gasteiger partial charge in [-0.3, -0.25) is 9.59 Å². The third-order valence-electron chi connectivity index (χ3n) is 4.15. The summed E-state index contributed by atoms with van der Waals surface area (Å²) in [4.78, 5) is 24.8. The first kappa shape index (κ1) is 17.5. The Balaban J connectivity index is 1.96. The number of rotatable bonds is 6. The minimum atomic E-state index is -0.552. The molecule has 1 heterocycles. The van der Waals surface area contributed by atoms with E-state index in [1.54, 1.807) is 6.07 Å². The van der Waals surface area contributed by atoms with E-state index in [2.05, 4.69) is 10.6 Å². The van der Waals surface area contributed by atoms with Gasteiger partial charge in [-0.05, 0) is 37.3 Å². The van der Waals surface area contributed by atoms with E-state index in [0.29, 0.717) is 12.1 Å². The maximum atomic E-state index is 12.4. The van der Waals surface area contributed by atoms with Gasteiger partial charge in [0.25, 0.3) is 5.91 Å². The topological polar surface area (TPSA) is 67.4 Å². The van der Waals surface area contributed by atoms with E-state index in [9.17, 15) is 9.59 Å². The lowest BCUT2D eigenvalue weighted by atomic mass is 10.0. The van der Waals surface area contributed by atoms with Crippen molar-refractivity contribution in [1.82, 2.24) is 10.6 Å². The zero-order valence-corrected chi connectivity index (χ0v) is 14.1. The Morgan fingerprint density at radius 3 is 2.65 bits per heavy atom. The molecule has 5 heteroatoms. The lowest BCUT2D eigenvalue weighted by molar-refractivity contribution is -0.124. The van der Waals surface area contributed by atoms with E-state index in [1.165, 1.54) is 0 Å². The van der Waals surface area contributed by atoms with Crippen molar-refractivity contribution >= 4 is 11.8 Å². The van der Waals surface area contributed by atoms with Crippen LogP contribution in [0.1, 0.15) is 42.6 Å². The molecule has 0 aliphatic carbocycles. The van der Waals surface area contributed by atoms with Crippen molar-refractivity contribution in [3.8, 4) is 0 Å². The molecule has 1 aliphatic heterocycles. The van der Waals surface area contributed by atoms with Crippen molar-refractivity contribution in [1.29, 1.82) is 0 Å². The van der Waals surface area contributed by atoms with Crippen LogP contribution in [0, 0.1) is 12.8 Å². The van der Waals surface area contributed by atoms with E-state index in [1.807, 2.05) is 39.0 Å². The fraction of sp³-hybridized carbons (Fsp3) is 0.556. The van der Waals surface area contributed by atoms with Crippen LogP contribution in [-0.2, 0) is 9.53 Å². The van der Waals surface area contributed by atoms with Crippen LogP contribution >= 0.6 is 0 Å². The van der Waals surface area contributed by atoms with Gasteiger partial charge in [0.05, 0.1) is 6.10 Å². The van der Waals surface area contributed by atoms with Gasteiger partial charge in [-0.15, -0.1) is 0 Å². The predicted octanol–water partition coefficient (Wildman–Crippen LogP) is 2.04. The molecule has 0 saturated carbocycles. The average molecular weight is 318 g/mol. The van der Waals surface area contributed by atoms with Gasteiger partial charge in [0.1, 0.15) is 6.04 Å². The molecule has 2 N–H and O–H groups in total. The molecule has 1 aliphatic rings. The van der Waals surface area contributed by atoms with Gasteiger partial charge < -0.3 is 15.4 Å². The van der Waals surface area contributed by atoms with Crippen molar-refractivity contribution < 1.29 is 14.3 Å². The summed E-state index contributed by atoms with van der Waals surface area (Å²) in [7, 11) is 0. The molecule has 5 nitrogen and oxygen atoms in total. The highest BCUT2D eigenvalue weighted by Gasteiger charge is 2.26. The molecular weight excluding hydrogens is 292 g/mol. The summed E-state index contributed by atoms with van der Waals surface area (Å²) in [5.41, 5.74) is 1.50. The minimum absolute atomic E-state index is 0.00691. The molecule has 1 aromatic carbocycles. The standard InChI is InChI=1S/C18H26N2O3/c1-12(2)16(18(22)19-11-14-8-6-10-23-14)20-17(21)15-9-5-4-7-13(15)3/h4-5,7,9,12,14,16H,6,8,10-11H2,1-3H3,(H,19,22)(H,20,21)/t14-,16+/m0/s1. The maximum absolute atomic E-state index is 12.4. The third-order valence-corrected chi connectivity index (χ3v) is 4.15. The summed E-state index contributed by atoms with van der Waals surface area (Å²) in [6, 6.07) is 6.82.